The van der Waals surface area contributed by atoms with Gasteiger partial charge in [0.2, 0.25) is 0 Å². The van der Waals surface area contributed by atoms with Crippen LogP contribution in [0.1, 0.15) is 11.1 Å². The number of sulfone groups is 1. The van der Waals surface area contributed by atoms with Crippen LogP contribution in [-0.4, -0.2) is 55.4 Å². The van der Waals surface area contributed by atoms with Crippen molar-refractivity contribution in [1.82, 2.24) is 14.9 Å². The van der Waals surface area contributed by atoms with Crippen molar-refractivity contribution in [2.24, 2.45) is 0 Å². The lowest BCUT2D eigenvalue weighted by Crippen LogP contribution is -2.27. The molecule has 4 rings (SSSR count). The van der Waals surface area contributed by atoms with E-state index in [-0.39, 0.29) is 5.75 Å². The summed E-state index contributed by atoms with van der Waals surface area (Å²) in [7, 11) is -1.02. The van der Waals surface area contributed by atoms with Gasteiger partial charge in [-0.15, -0.1) is 0 Å². The molecule has 0 unspecified atom stereocenters. The second-order valence-electron chi connectivity index (χ2n) is 8.68. The summed E-state index contributed by atoms with van der Waals surface area (Å²) in [6.45, 7) is 1.81. The van der Waals surface area contributed by atoms with E-state index in [1.54, 1.807) is 6.33 Å². The number of fused-ring (bicyclic) bond motifs is 1. The van der Waals surface area contributed by atoms with Gasteiger partial charge in [0.15, 0.2) is 0 Å². The van der Waals surface area contributed by atoms with Crippen molar-refractivity contribution in [2.75, 3.05) is 37.5 Å². The maximum Gasteiger partial charge on any atom is 0.148 e. The smallest absolute Gasteiger partial charge is 0.148 e. The number of nitrogens with one attached hydrogen (secondary N) is 1. The number of benzene rings is 3. The van der Waals surface area contributed by atoms with Crippen molar-refractivity contribution in [3.05, 3.63) is 90.3 Å². The van der Waals surface area contributed by atoms with Gasteiger partial charge >= 0.3 is 0 Å². The van der Waals surface area contributed by atoms with Gasteiger partial charge < -0.3 is 15.0 Å². The fraction of sp³-hybridized carbons (Fsp3) is 0.259. The Morgan fingerprint density at radius 1 is 0.914 bits per heavy atom. The van der Waals surface area contributed by atoms with Gasteiger partial charge in [-0.2, -0.15) is 0 Å². The van der Waals surface area contributed by atoms with Crippen molar-refractivity contribution in [3.63, 3.8) is 0 Å². The highest BCUT2D eigenvalue weighted by Gasteiger charge is 2.09. The largest absolute Gasteiger partial charge is 0.489 e. The lowest BCUT2D eigenvalue weighted by atomic mass is 10.1. The molecule has 1 N–H and O–H groups in total. The molecule has 0 aliphatic rings. The Hall–Kier alpha value is -3.49. The third-order valence-electron chi connectivity index (χ3n) is 5.69. The highest BCUT2D eigenvalue weighted by molar-refractivity contribution is 7.90. The Labute approximate surface area is 206 Å². The molecule has 8 heteroatoms. The van der Waals surface area contributed by atoms with Gasteiger partial charge in [0.05, 0.1) is 11.3 Å². The number of aromatic nitrogens is 2. The maximum absolute atomic E-state index is 11.4. The molecule has 1 heterocycles. The van der Waals surface area contributed by atoms with Crippen LogP contribution in [0.25, 0.3) is 10.9 Å². The Kier molecular flexibility index (Phi) is 7.94. The van der Waals surface area contributed by atoms with Crippen molar-refractivity contribution < 1.29 is 13.2 Å². The lowest BCUT2D eigenvalue weighted by Gasteiger charge is -2.16. The van der Waals surface area contributed by atoms with Crippen LogP contribution in [0.3, 0.4) is 0 Å². The van der Waals surface area contributed by atoms with E-state index in [9.17, 15) is 8.42 Å². The first-order valence-electron chi connectivity index (χ1n) is 11.5. The molecule has 0 radical (unpaired) electrons. The van der Waals surface area contributed by atoms with E-state index >= 15 is 0 Å². The normalized spacial score (nSPS) is 11.6. The Bertz CT molecular complexity index is 1360. The summed E-state index contributed by atoms with van der Waals surface area (Å²) in [6, 6.07) is 24.0. The monoisotopic (exact) mass is 490 g/mol. The predicted molar refractivity (Wildman–Crippen MR) is 141 cm³/mol. The summed E-state index contributed by atoms with van der Waals surface area (Å²) in [5, 5.41) is 4.33. The fourth-order valence-corrected chi connectivity index (χ4v) is 4.27. The first-order chi connectivity index (χ1) is 16.9. The molecule has 0 aliphatic carbocycles. The van der Waals surface area contributed by atoms with Crippen LogP contribution in [-0.2, 0) is 22.9 Å². The van der Waals surface area contributed by atoms with Gasteiger partial charge in [-0.3, -0.25) is 0 Å². The van der Waals surface area contributed by atoms with Crippen molar-refractivity contribution in [2.45, 2.75) is 13.0 Å². The van der Waals surface area contributed by atoms with E-state index in [0.717, 1.165) is 52.3 Å². The van der Waals surface area contributed by atoms with Crippen molar-refractivity contribution >= 4 is 32.2 Å². The molecule has 0 fully saturated rings. The molecule has 4 aromatic rings. The number of likely N-dealkylation sites (N-methyl/N-ethyl adjacent to an activating group) is 1. The second kappa shape index (κ2) is 11.3. The number of nitrogens with zero attached hydrogens (tertiary/aromatic N) is 3. The zero-order valence-corrected chi connectivity index (χ0v) is 20.8. The van der Waals surface area contributed by atoms with E-state index in [4.69, 9.17) is 4.74 Å². The molecule has 0 saturated heterocycles. The molecule has 0 bridgehead atoms. The van der Waals surface area contributed by atoms with E-state index in [2.05, 4.69) is 27.4 Å². The van der Waals surface area contributed by atoms with E-state index < -0.39 is 9.84 Å². The second-order valence-corrected chi connectivity index (χ2v) is 10.9. The first kappa shape index (κ1) is 24.6. The number of hydrogen-bond acceptors (Lipinski definition) is 7. The van der Waals surface area contributed by atoms with Crippen LogP contribution in [0.4, 0.5) is 11.5 Å². The molecule has 0 amide bonds. The summed E-state index contributed by atoms with van der Waals surface area (Å²) < 4.78 is 28.7. The van der Waals surface area contributed by atoms with Gasteiger partial charge in [-0.05, 0) is 61.0 Å². The number of hydrogen-bond donors (Lipinski definition) is 1. The summed E-state index contributed by atoms with van der Waals surface area (Å²) in [5.74, 6) is 1.70. The van der Waals surface area contributed by atoms with Gasteiger partial charge in [0.1, 0.15) is 34.3 Å². The average molecular weight is 491 g/mol. The Morgan fingerprint density at radius 2 is 1.69 bits per heavy atom. The molecule has 0 saturated carbocycles. The molecule has 0 atom stereocenters. The third kappa shape index (κ3) is 7.50. The van der Waals surface area contributed by atoms with Gasteiger partial charge in [-0.25, -0.2) is 18.4 Å². The van der Waals surface area contributed by atoms with Crippen molar-refractivity contribution in [3.8, 4) is 5.75 Å². The van der Waals surface area contributed by atoms with Crippen LogP contribution in [0, 0.1) is 0 Å². The van der Waals surface area contributed by atoms with E-state index in [0.29, 0.717) is 13.2 Å². The van der Waals surface area contributed by atoms with Gasteiger partial charge in [-0.1, -0.05) is 36.4 Å². The molecule has 0 aliphatic heterocycles. The highest BCUT2D eigenvalue weighted by Crippen LogP contribution is 2.25. The predicted octanol–water partition coefficient (Wildman–Crippen LogP) is 4.47. The zero-order chi connectivity index (χ0) is 24.7. The van der Waals surface area contributed by atoms with E-state index in [1.165, 1.54) is 6.26 Å². The highest BCUT2D eigenvalue weighted by atomic mass is 32.2. The fourth-order valence-electron chi connectivity index (χ4n) is 3.62. The summed E-state index contributed by atoms with van der Waals surface area (Å²) in [6.07, 6.45) is 3.63. The van der Waals surface area contributed by atoms with Crippen LogP contribution in [0.15, 0.2) is 79.1 Å². The van der Waals surface area contributed by atoms with Crippen LogP contribution >= 0.6 is 0 Å². The van der Waals surface area contributed by atoms with Crippen LogP contribution < -0.4 is 10.1 Å². The number of anilines is 2. The molecule has 182 valence electrons. The Balaban J connectivity index is 1.40. The topological polar surface area (TPSA) is 84.4 Å². The summed E-state index contributed by atoms with van der Waals surface area (Å²) in [4.78, 5) is 10.9. The molecular formula is C27H30N4O3S. The molecule has 3 aromatic carbocycles. The summed E-state index contributed by atoms with van der Waals surface area (Å²) in [5.41, 5.74) is 4.04. The van der Waals surface area contributed by atoms with Crippen LogP contribution in [0.2, 0.25) is 0 Å². The SMILES string of the molecule is CN(CCc1ccc2ncnc(Nc3ccc(OCc4ccccc4)cc3)c2c1)CCS(C)(=O)=O. The van der Waals surface area contributed by atoms with Crippen LogP contribution in [0.5, 0.6) is 5.75 Å². The standard InChI is InChI=1S/C27H30N4O3S/c1-31(16-17-35(2,32)33)15-14-21-8-13-26-25(18-21)27(29-20-28-26)30-23-9-11-24(12-10-23)34-19-22-6-4-3-5-7-22/h3-13,18,20H,14-17,19H2,1-2H3,(H,28,29,30). The lowest BCUT2D eigenvalue weighted by molar-refractivity contribution is 0.306. The molecule has 7 nitrogen and oxygen atoms in total. The molecule has 35 heavy (non-hydrogen) atoms. The minimum atomic E-state index is -2.96. The minimum Gasteiger partial charge on any atom is -0.489 e. The Morgan fingerprint density at radius 3 is 2.43 bits per heavy atom. The van der Waals surface area contributed by atoms with E-state index in [1.807, 2.05) is 72.6 Å². The molecule has 1 aromatic heterocycles. The molecular weight excluding hydrogens is 460 g/mol. The summed E-state index contributed by atoms with van der Waals surface area (Å²) >= 11 is 0. The zero-order valence-electron chi connectivity index (χ0n) is 20.0. The first-order valence-corrected chi connectivity index (χ1v) is 13.6. The number of rotatable bonds is 11. The van der Waals surface area contributed by atoms with Gasteiger partial charge in [0, 0.05) is 30.4 Å². The van der Waals surface area contributed by atoms with Gasteiger partial charge in [0.25, 0.3) is 0 Å². The number of ether oxygens (including phenoxy) is 1. The van der Waals surface area contributed by atoms with Crippen molar-refractivity contribution in [1.29, 1.82) is 0 Å². The average Bonchev–Trinajstić information content (AvgIpc) is 2.86. The maximum atomic E-state index is 11.4. The third-order valence-corrected chi connectivity index (χ3v) is 6.62. The quantitative estimate of drug-likeness (QED) is 0.332. The molecule has 0 spiro atoms. The minimum absolute atomic E-state index is 0.166.